The van der Waals surface area contributed by atoms with Gasteiger partial charge in [0, 0.05) is 5.56 Å². The first-order chi connectivity index (χ1) is 6.44. The first kappa shape index (κ1) is 9.77. The summed E-state index contributed by atoms with van der Waals surface area (Å²) in [5.74, 6) is -0.267. The molecule has 3 N–H and O–H groups in total. The SMILES string of the molecule is C[C@@]1(N)C(=O)Nc2c1ccc(Cl)c2Cl. The number of benzene rings is 1. The average Bonchev–Trinajstić information content (AvgIpc) is 2.33. The summed E-state index contributed by atoms with van der Waals surface area (Å²) < 4.78 is 0. The van der Waals surface area contributed by atoms with Crippen LogP contribution in [0.2, 0.25) is 10.0 Å². The van der Waals surface area contributed by atoms with E-state index in [2.05, 4.69) is 5.32 Å². The van der Waals surface area contributed by atoms with Gasteiger partial charge in [-0.3, -0.25) is 4.79 Å². The molecule has 0 fully saturated rings. The maximum absolute atomic E-state index is 11.5. The lowest BCUT2D eigenvalue weighted by Crippen LogP contribution is -2.40. The van der Waals surface area contributed by atoms with Crippen LogP contribution in [0, 0.1) is 0 Å². The van der Waals surface area contributed by atoms with E-state index in [1.54, 1.807) is 19.1 Å². The molecule has 1 aromatic carbocycles. The monoisotopic (exact) mass is 230 g/mol. The molecule has 3 nitrogen and oxygen atoms in total. The van der Waals surface area contributed by atoms with Crippen LogP contribution in [0.5, 0.6) is 0 Å². The van der Waals surface area contributed by atoms with E-state index < -0.39 is 5.54 Å². The van der Waals surface area contributed by atoms with Crippen molar-refractivity contribution in [1.29, 1.82) is 0 Å². The first-order valence-corrected chi connectivity index (χ1v) is 4.79. The Bertz CT molecular complexity index is 429. The number of rotatable bonds is 0. The lowest BCUT2D eigenvalue weighted by Gasteiger charge is -2.14. The molecule has 0 bridgehead atoms. The van der Waals surface area contributed by atoms with Crippen LogP contribution in [0.1, 0.15) is 12.5 Å². The summed E-state index contributed by atoms with van der Waals surface area (Å²) >= 11 is 11.7. The molecule has 5 heteroatoms. The summed E-state index contributed by atoms with van der Waals surface area (Å²) in [6, 6.07) is 3.34. The zero-order chi connectivity index (χ0) is 10.5. The second-order valence-electron chi connectivity index (χ2n) is 3.44. The molecule has 1 amide bonds. The maximum Gasteiger partial charge on any atom is 0.248 e. The lowest BCUT2D eigenvalue weighted by molar-refractivity contribution is -0.120. The van der Waals surface area contributed by atoms with Gasteiger partial charge in [-0.25, -0.2) is 0 Å². The molecule has 0 radical (unpaired) electrons. The number of hydrogen-bond donors (Lipinski definition) is 2. The van der Waals surface area contributed by atoms with E-state index in [0.29, 0.717) is 21.3 Å². The number of nitrogens with two attached hydrogens (primary N) is 1. The van der Waals surface area contributed by atoms with Crippen LogP contribution in [0.4, 0.5) is 5.69 Å². The highest BCUT2D eigenvalue weighted by Crippen LogP contribution is 2.41. The highest BCUT2D eigenvalue weighted by Gasteiger charge is 2.40. The minimum atomic E-state index is -1.02. The predicted molar refractivity (Wildman–Crippen MR) is 56.6 cm³/mol. The Morgan fingerprint density at radius 2 is 2.07 bits per heavy atom. The van der Waals surface area contributed by atoms with Crippen LogP contribution >= 0.6 is 23.2 Å². The van der Waals surface area contributed by atoms with Crippen molar-refractivity contribution in [3.05, 3.63) is 27.7 Å². The molecule has 14 heavy (non-hydrogen) atoms. The van der Waals surface area contributed by atoms with Crippen molar-refractivity contribution < 1.29 is 4.79 Å². The van der Waals surface area contributed by atoms with Gasteiger partial charge < -0.3 is 11.1 Å². The fourth-order valence-electron chi connectivity index (χ4n) is 1.47. The van der Waals surface area contributed by atoms with Crippen LogP contribution in [0.15, 0.2) is 12.1 Å². The van der Waals surface area contributed by atoms with E-state index in [-0.39, 0.29) is 5.91 Å². The molecule has 0 aliphatic carbocycles. The number of fused-ring (bicyclic) bond motifs is 1. The van der Waals surface area contributed by atoms with Gasteiger partial charge in [0.25, 0.3) is 0 Å². The van der Waals surface area contributed by atoms with Crippen LogP contribution in [0.3, 0.4) is 0 Å². The van der Waals surface area contributed by atoms with Gasteiger partial charge >= 0.3 is 0 Å². The topological polar surface area (TPSA) is 55.1 Å². The highest BCUT2D eigenvalue weighted by molar-refractivity contribution is 6.44. The van der Waals surface area contributed by atoms with Gasteiger partial charge in [0.05, 0.1) is 15.7 Å². The number of amides is 1. The van der Waals surface area contributed by atoms with Gasteiger partial charge in [-0.05, 0) is 13.0 Å². The minimum absolute atomic E-state index is 0.267. The number of nitrogens with one attached hydrogen (secondary N) is 1. The summed E-state index contributed by atoms with van der Waals surface area (Å²) in [6.07, 6.45) is 0. The summed E-state index contributed by atoms with van der Waals surface area (Å²) in [7, 11) is 0. The van der Waals surface area contributed by atoms with Crippen molar-refractivity contribution in [1.82, 2.24) is 0 Å². The molecular weight excluding hydrogens is 223 g/mol. The molecule has 1 aliphatic heterocycles. The van der Waals surface area contributed by atoms with Gasteiger partial charge in [-0.2, -0.15) is 0 Å². The molecule has 74 valence electrons. The zero-order valence-electron chi connectivity index (χ0n) is 7.40. The van der Waals surface area contributed by atoms with Crippen LogP contribution < -0.4 is 11.1 Å². The lowest BCUT2D eigenvalue weighted by atomic mass is 9.95. The molecule has 0 unspecified atom stereocenters. The van der Waals surface area contributed by atoms with Crippen molar-refractivity contribution in [2.45, 2.75) is 12.5 Å². The highest BCUT2D eigenvalue weighted by atomic mass is 35.5. The molecule has 0 saturated carbocycles. The number of anilines is 1. The van der Waals surface area contributed by atoms with Crippen LogP contribution in [-0.2, 0) is 10.3 Å². The van der Waals surface area contributed by atoms with E-state index in [9.17, 15) is 4.79 Å². The molecule has 2 rings (SSSR count). The second kappa shape index (κ2) is 2.86. The molecule has 1 aromatic rings. The smallest absolute Gasteiger partial charge is 0.248 e. The van der Waals surface area contributed by atoms with E-state index in [1.807, 2.05) is 0 Å². The fourth-order valence-corrected chi connectivity index (χ4v) is 1.84. The molecule has 1 aliphatic rings. The number of carbonyl (C=O) groups is 1. The normalized spacial score (nSPS) is 24.7. The molecule has 1 atom stereocenters. The van der Waals surface area contributed by atoms with Crippen molar-refractivity contribution in [3.8, 4) is 0 Å². The molecule has 0 aromatic heterocycles. The predicted octanol–water partition coefficient (Wildman–Crippen LogP) is 2.12. The van der Waals surface area contributed by atoms with Crippen molar-refractivity contribution >= 4 is 34.8 Å². The zero-order valence-corrected chi connectivity index (χ0v) is 8.91. The van der Waals surface area contributed by atoms with E-state index >= 15 is 0 Å². The van der Waals surface area contributed by atoms with E-state index in [1.165, 1.54) is 0 Å². The summed E-state index contributed by atoms with van der Waals surface area (Å²) in [5.41, 5.74) is 6.01. The largest absolute Gasteiger partial charge is 0.323 e. The van der Waals surface area contributed by atoms with Crippen molar-refractivity contribution in [2.75, 3.05) is 5.32 Å². The Balaban J connectivity index is 2.70. The second-order valence-corrected chi connectivity index (χ2v) is 4.23. The third kappa shape index (κ3) is 1.13. The van der Waals surface area contributed by atoms with Gasteiger partial charge in [0.2, 0.25) is 5.91 Å². The third-order valence-corrected chi connectivity index (χ3v) is 3.17. The van der Waals surface area contributed by atoms with E-state index in [0.717, 1.165) is 0 Å². The number of hydrogen-bond acceptors (Lipinski definition) is 2. The Labute approximate surface area is 91.2 Å². The Hall–Kier alpha value is -0.770. The number of carbonyl (C=O) groups excluding carboxylic acids is 1. The molecule has 0 saturated heterocycles. The van der Waals surface area contributed by atoms with Crippen molar-refractivity contribution in [3.63, 3.8) is 0 Å². The quantitative estimate of drug-likeness (QED) is 0.718. The summed E-state index contributed by atoms with van der Waals surface area (Å²) in [6.45, 7) is 1.64. The van der Waals surface area contributed by atoms with Crippen LogP contribution in [0.25, 0.3) is 0 Å². The van der Waals surface area contributed by atoms with Gasteiger partial charge in [0.15, 0.2) is 0 Å². The Morgan fingerprint density at radius 1 is 1.43 bits per heavy atom. The number of halogens is 2. The van der Waals surface area contributed by atoms with Gasteiger partial charge in [-0.1, -0.05) is 29.3 Å². The van der Waals surface area contributed by atoms with E-state index in [4.69, 9.17) is 28.9 Å². The standard InChI is InChI=1S/C9H8Cl2N2O/c1-9(12)4-2-3-5(10)6(11)7(4)13-8(9)14/h2-3H,12H2,1H3,(H,13,14)/t9-/m0/s1. The minimum Gasteiger partial charge on any atom is -0.323 e. The molecule has 0 spiro atoms. The Kier molecular flexibility index (Phi) is 2.00. The van der Waals surface area contributed by atoms with Gasteiger partial charge in [-0.15, -0.1) is 0 Å². The Morgan fingerprint density at radius 3 is 2.71 bits per heavy atom. The summed E-state index contributed by atoms with van der Waals surface area (Å²) in [4.78, 5) is 11.5. The fraction of sp³-hybridized carbons (Fsp3) is 0.222. The molecular formula is C9H8Cl2N2O. The molecule has 1 heterocycles. The van der Waals surface area contributed by atoms with Crippen LogP contribution in [-0.4, -0.2) is 5.91 Å². The maximum atomic E-state index is 11.5. The third-order valence-electron chi connectivity index (χ3n) is 2.36. The first-order valence-electron chi connectivity index (χ1n) is 4.03. The average molecular weight is 231 g/mol. The summed E-state index contributed by atoms with van der Waals surface area (Å²) in [5, 5.41) is 3.36. The van der Waals surface area contributed by atoms with Gasteiger partial charge in [0.1, 0.15) is 5.54 Å². The van der Waals surface area contributed by atoms with Crippen molar-refractivity contribution in [2.24, 2.45) is 5.73 Å².